The molecule has 1 saturated carbocycles. The van der Waals surface area contributed by atoms with Gasteiger partial charge in [0.1, 0.15) is 0 Å². The molecule has 0 bridgehead atoms. The molecule has 1 aliphatic carbocycles. The maximum atomic E-state index is 9.11. The van der Waals surface area contributed by atoms with Crippen molar-refractivity contribution in [2.75, 3.05) is 32.8 Å². The molecule has 1 N–H and O–H groups in total. The van der Waals surface area contributed by atoms with E-state index >= 15 is 0 Å². The Morgan fingerprint density at radius 3 is 2.50 bits per heavy atom. The van der Waals surface area contributed by atoms with Crippen molar-refractivity contribution in [3.05, 3.63) is 0 Å². The number of nitrogens with zero attached hydrogens (tertiary/aromatic N) is 1. The lowest BCUT2D eigenvalue weighted by Gasteiger charge is -2.33. The zero-order valence-corrected chi connectivity index (χ0v) is 11.8. The lowest BCUT2D eigenvalue weighted by molar-refractivity contribution is -0.0173. The predicted molar refractivity (Wildman–Crippen MR) is 73.6 cm³/mol. The van der Waals surface area contributed by atoms with E-state index in [1.165, 1.54) is 25.7 Å². The van der Waals surface area contributed by atoms with Crippen LogP contribution in [0.5, 0.6) is 0 Å². The first kappa shape index (κ1) is 14.3. The van der Waals surface area contributed by atoms with E-state index in [0.717, 1.165) is 45.0 Å². The summed E-state index contributed by atoms with van der Waals surface area (Å²) in [4.78, 5) is 2.49. The molecule has 1 saturated heterocycles. The fourth-order valence-electron chi connectivity index (χ4n) is 3.26. The minimum absolute atomic E-state index is 0.365. The number of aliphatic hydroxyl groups excluding tert-OH is 1. The zero-order chi connectivity index (χ0) is 12.8. The van der Waals surface area contributed by atoms with Crippen molar-refractivity contribution in [2.45, 2.75) is 51.6 Å². The van der Waals surface area contributed by atoms with Gasteiger partial charge in [-0.05, 0) is 50.6 Å². The van der Waals surface area contributed by atoms with Gasteiger partial charge in [0.15, 0.2) is 0 Å². The Labute approximate surface area is 112 Å². The molecule has 0 aromatic rings. The van der Waals surface area contributed by atoms with Crippen molar-refractivity contribution in [3.63, 3.8) is 0 Å². The van der Waals surface area contributed by atoms with E-state index in [2.05, 4.69) is 11.8 Å². The molecule has 2 atom stereocenters. The third kappa shape index (κ3) is 4.22. The summed E-state index contributed by atoms with van der Waals surface area (Å²) < 4.78 is 6.06. The van der Waals surface area contributed by atoms with Crippen LogP contribution in [0, 0.1) is 11.8 Å². The molecule has 2 fully saturated rings. The Bertz CT molecular complexity index is 227. The topological polar surface area (TPSA) is 32.7 Å². The van der Waals surface area contributed by atoms with Crippen LogP contribution in [-0.2, 0) is 4.74 Å². The second-order valence-corrected chi connectivity index (χ2v) is 6.14. The summed E-state index contributed by atoms with van der Waals surface area (Å²) in [6.45, 7) is 6.92. The van der Waals surface area contributed by atoms with Gasteiger partial charge in [0.25, 0.3) is 0 Å². The predicted octanol–water partition coefficient (Wildman–Crippen LogP) is 2.29. The highest BCUT2D eigenvalue weighted by Gasteiger charge is 2.22. The number of ether oxygens (including phenoxy) is 1. The van der Waals surface area contributed by atoms with Crippen LogP contribution in [0.25, 0.3) is 0 Å². The van der Waals surface area contributed by atoms with Crippen LogP contribution >= 0.6 is 0 Å². The molecule has 0 radical (unpaired) electrons. The highest BCUT2D eigenvalue weighted by atomic mass is 16.5. The fraction of sp³-hybridized carbons (Fsp3) is 1.00. The average Bonchev–Trinajstić information content (AvgIpc) is 2.42. The summed E-state index contributed by atoms with van der Waals surface area (Å²) in [5.74, 6) is 1.29. The van der Waals surface area contributed by atoms with Gasteiger partial charge in [-0.1, -0.05) is 19.8 Å². The van der Waals surface area contributed by atoms with E-state index in [1.807, 2.05) is 0 Å². The number of hydrogen-bond donors (Lipinski definition) is 1. The minimum atomic E-state index is 0.365. The number of likely N-dealkylation sites (tertiary alicyclic amines) is 1. The van der Waals surface area contributed by atoms with Gasteiger partial charge in [-0.2, -0.15) is 0 Å². The van der Waals surface area contributed by atoms with E-state index in [-0.39, 0.29) is 0 Å². The summed E-state index contributed by atoms with van der Waals surface area (Å²) in [6, 6.07) is 0. The standard InChI is InChI=1S/C15H29NO2/c1-13-4-2-3-5-15(13)18-11-10-16-8-6-14(12-17)7-9-16/h13-15,17H,2-12H2,1H3. The average molecular weight is 255 g/mol. The van der Waals surface area contributed by atoms with E-state index in [9.17, 15) is 0 Å². The molecule has 2 rings (SSSR count). The molecule has 2 unspecified atom stereocenters. The number of hydrogen-bond acceptors (Lipinski definition) is 3. The summed E-state index contributed by atoms with van der Waals surface area (Å²) in [5, 5.41) is 9.11. The van der Waals surface area contributed by atoms with Gasteiger partial charge in [0.05, 0.1) is 12.7 Å². The third-order valence-corrected chi connectivity index (χ3v) is 4.74. The molecule has 18 heavy (non-hydrogen) atoms. The van der Waals surface area contributed by atoms with Gasteiger partial charge in [-0.3, -0.25) is 0 Å². The van der Waals surface area contributed by atoms with Gasteiger partial charge < -0.3 is 14.7 Å². The van der Waals surface area contributed by atoms with Crippen LogP contribution in [0.2, 0.25) is 0 Å². The summed E-state index contributed by atoms with van der Waals surface area (Å²) >= 11 is 0. The Morgan fingerprint density at radius 1 is 1.11 bits per heavy atom. The largest absolute Gasteiger partial charge is 0.396 e. The normalized spacial score (nSPS) is 31.7. The Kier molecular flexibility index (Phi) is 5.93. The molecule has 0 aromatic heterocycles. The van der Waals surface area contributed by atoms with Crippen LogP contribution in [0.15, 0.2) is 0 Å². The van der Waals surface area contributed by atoms with Crippen molar-refractivity contribution >= 4 is 0 Å². The van der Waals surface area contributed by atoms with E-state index < -0.39 is 0 Å². The van der Waals surface area contributed by atoms with Crippen LogP contribution in [0.4, 0.5) is 0 Å². The minimum Gasteiger partial charge on any atom is -0.396 e. The Morgan fingerprint density at radius 2 is 1.83 bits per heavy atom. The van der Waals surface area contributed by atoms with Gasteiger partial charge >= 0.3 is 0 Å². The van der Waals surface area contributed by atoms with Crippen molar-refractivity contribution in [2.24, 2.45) is 11.8 Å². The van der Waals surface area contributed by atoms with E-state index in [0.29, 0.717) is 18.6 Å². The first-order chi connectivity index (χ1) is 8.79. The number of rotatable bonds is 5. The highest BCUT2D eigenvalue weighted by Crippen LogP contribution is 2.26. The third-order valence-electron chi connectivity index (χ3n) is 4.74. The molecule has 1 heterocycles. The quantitative estimate of drug-likeness (QED) is 0.818. The molecule has 106 valence electrons. The van der Waals surface area contributed by atoms with Crippen molar-refractivity contribution < 1.29 is 9.84 Å². The molecular formula is C15H29NO2. The highest BCUT2D eigenvalue weighted by molar-refractivity contribution is 4.74. The molecule has 0 spiro atoms. The molecule has 0 amide bonds. The van der Waals surface area contributed by atoms with E-state index in [1.54, 1.807) is 0 Å². The monoisotopic (exact) mass is 255 g/mol. The van der Waals surface area contributed by atoms with Gasteiger partial charge in [0.2, 0.25) is 0 Å². The smallest absolute Gasteiger partial charge is 0.0601 e. The van der Waals surface area contributed by atoms with Gasteiger partial charge in [-0.15, -0.1) is 0 Å². The second-order valence-electron chi connectivity index (χ2n) is 6.14. The summed E-state index contributed by atoms with van der Waals surface area (Å²) in [6.07, 6.45) is 8.13. The maximum absolute atomic E-state index is 9.11. The molecular weight excluding hydrogens is 226 g/mol. The van der Waals surface area contributed by atoms with Crippen LogP contribution in [0.1, 0.15) is 45.4 Å². The first-order valence-electron chi connectivity index (χ1n) is 7.74. The number of piperidine rings is 1. The molecule has 1 aliphatic heterocycles. The van der Waals surface area contributed by atoms with Crippen molar-refractivity contribution in [1.82, 2.24) is 4.90 Å². The molecule has 0 aromatic carbocycles. The number of aliphatic hydroxyl groups is 1. The molecule has 2 aliphatic rings. The molecule has 3 nitrogen and oxygen atoms in total. The van der Waals surface area contributed by atoms with Crippen molar-refractivity contribution in [3.8, 4) is 0 Å². The van der Waals surface area contributed by atoms with Crippen LogP contribution < -0.4 is 0 Å². The van der Waals surface area contributed by atoms with Crippen molar-refractivity contribution in [1.29, 1.82) is 0 Å². The van der Waals surface area contributed by atoms with E-state index in [4.69, 9.17) is 9.84 Å². The summed E-state index contributed by atoms with van der Waals surface area (Å²) in [7, 11) is 0. The fourth-order valence-corrected chi connectivity index (χ4v) is 3.26. The first-order valence-corrected chi connectivity index (χ1v) is 7.74. The second kappa shape index (κ2) is 7.46. The zero-order valence-electron chi connectivity index (χ0n) is 11.8. The lowest BCUT2D eigenvalue weighted by Crippen LogP contribution is -2.38. The van der Waals surface area contributed by atoms with Crippen LogP contribution in [0.3, 0.4) is 0 Å². The Balaban J connectivity index is 1.58. The van der Waals surface area contributed by atoms with Gasteiger partial charge in [0, 0.05) is 13.2 Å². The maximum Gasteiger partial charge on any atom is 0.0601 e. The van der Waals surface area contributed by atoms with Gasteiger partial charge in [-0.25, -0.2) is 0 Å². The molecule has 3 heteroatoms. The van der Waals surface area contributed by atoms with Crippen LogP contribution in [-0.4, -0.2) is 49.0 Å². The SMILES string of the molecule is CC1CCCCC1OCCN1CCC(CO)CC1. The Hall–Kier alpha value is -0.120. The lowest BCUT2D eigenvalue weighted by atomic mass is 9.88. The summed E-state index contributed by atoms with van der Waals surface area (Å²) in [5.41, 5.74) is 0.